The van der Waals surface area contributed by atoms with Crippen LogP contribution < -0.4 is 4.90 Å². The molecule has 1 aliphatic heterocycles. The number of nitrogens with zero attached hydrogens (tertiary/aromatic N) is 3. The fourth-order valence-corrected chi connectivity index (χ4v) is 4.98. The maximum absolute atomic E-state index is 13.7. The van der Waals surface area contributed by atoms with Crippen molar-refractivity contribution in [3.8, 4) is 0 Å². The maximum atomic E-state index is 13.7. The highest BCUT2D eigenvalue weighted by Gasteiger charge is 2.33. The van der Waals surface area contributed by atoms with E-state index in [1.807, 2.05) is 0 Å². The Kier molecular flexibility index (Phi) is 7.60. The van der Waals surface area contributed by atoms with Crippen molar-refractivity contribution in [2.45, 2.75) is 33.2 Å². The van der Waals surface area contributed by atoms with E-state index < -0.39 is 5.97 Å². The van der Waals surface area contributed by atoms with E-state index in [1.165, 1.54) is 24.7 Å². The van der Waals surface area contributed by atoms with Crippen LogP contribution in [0.4, 0.5) is 9.52 Å². The summed E-state index contributed by atoms with van der Waals surface area (Å²) in [4.78, 5) is 46.7. The third kappa shape index (κ3) is 5.59. The number of thiazole rings is 1. The van der Waals surface area contributed by atoms with Crippen LogP contribution in [0.25, 0.3) is 0 Å². The van der Waals surface area contributed by atoms with Crippen LogP contribution in [0.15, 0.2) is 47.3 Å². The number of hydrogen-bond donors (Lipinski definition) is 0. The molecule has 0 saturated carbocycles. The third-order valence-electron chi connectivity index (χ3n) is 5.90. The molecule has 1 saturated heterocycles. The van der Waals surface area contributed by atoms with E-state index in [9.17, 15) is 18.8 Å². The fourth-order valence-electron chi connectivity index (χ4n) is 4.01. The Bertz CT molecular complexity index is 1180. The van der Waals surface area contributed by atoms with Crippen molar-refractivity contribution in [1.82, 2.24) is 9.88 Å². The molecule has 0 aliphatic carbocycles. The van der Waals surface area contributed by atoms with Gasteiger partial charge in [0.25, 0.3) is 5.91 Å². The molecule has 10 heteroatoms. The van der Waals surface area contributed by atoms with E-state index in [1.54, 1.807) is 41.8 Å². The minimum Gasteiger partial charge on any atom is -0.472 e. The van der Waals surface area contributed by atoms with Gasteiger partial charge in [0.05, 0.1) is 30.7 Å². The molecule has 1 aliphatic rings. The first kappa shape index (κ1) is 24.6. The maximum Gasteiger partial charge on any atom is 0.350 e. The molecule has 184 valence electrons. The SMILES string of the molecule is CCOC(=O)c1sc(N(Cc2ccc(F)cc2)C(=O)C2CCN(C(=O)c3ccoc3)CC2)nc1C. The number of rotatable bonds is 7. The zero-order chi connectivity index (χ0) is 24.9. The highest BCUT2D eigenvalue weighted by Crippen LogP contribution is 2.31. The van der Waals surface area contributed by atoms with Crippen LogP contribution in [0, 0.1) is 18.7 Å². The van der Waals surface area contributed by atoms with E-state index in [4.69, 9.17) is 9.15 Å². The first-order valence-electron chi connectivity index (χ1n) is 11.4. The molecule has 0 atom stereocenters. The molecular formula is C25H26FN3O5S. The molecule has 35 heavy (non-hydrogen) atoms. The van der Waals surface area contributed by atoms with Crippen LogP contribution >= 0.6 is 11.3 Å². The minimum atomic E-state index is -0.478. The summed E-state index contributed by atoms with van der Waals surface area (Å²) in [6.07, 6.45) is 3.86. The second kappa shape index (κ2) is 10.8. The topological polar surface area (TPSA) is 93.0 Å². The first-order valence-corrected chi connectivity index (χ1v) is 12.2. The third-order valence-corrected chi connectivity index (χ3v) is 7.06. The second-order valence-corrected chi connectivity index (χ2v) is 9.24. The number of halogens is 1. The van der Waals surface area contributed by atoms with Crippen molar-refractivity contribution in [3.63, 3.8) is 0 Å². The predicted molar refractivity (Wildman–Crippen MR) is 128 cm³/mol. The molecule has 1 fully saturated rings. The van der Waals surface area contributed by atoms with Gasteiger partial charge >= 0.3 is 5.97 Å². The lowest BCUT2D eigenvalue weighted by molar-refractivity contribution is -0.123. The van der Waals surface area contributed by atoms with Gasteiger partial charge in [-0.3, -0.25) is 14.5 Å². The zero-order valence-electron chi connectivity index (χ0n) is 19.5. The number of hydrogen-bond acceptors (Lipinski definition) is 7. The van der Waals surface area contributed by atoms with Crippen LogP contribution in [0.1, 0.15) is 51.1 Å². The predicted octanol–water partition coefficient (Wildman–Crippen LogP) is 4.45. The number of aromatic nitrogens is 1. The first-order chi connectivity index (χ1) is 16.9. The highest BCUT2D eigenvalue weighted by molar-refractivity contribution is 7.17. The number of likely N-dealkylation sites (tertiary alicyclic amines) is 1. The van der Waals surface area contributed by atoms with Crippen molar-refractivity contribution >= 4 is 34.3 Å². The van der Waals surface area contributed by atoms with Crippen LogP contribution in [0.5, 0.6) is 0 Å². The van der Waals surface area contributed by atoms with Crippen LogP contribution in [-0.4, -0.2) is 47.4 Å². The quantitative estimate of drug-likeness (QED) is 0.446. The Hall–Kier alpha value is -3.53. The number of anilines is 1. The number of carbonyl (C=O) groups is 3. The zero-order valence-corrected chi connectivity index (χ0v) is 20.3. The van der Waals surface area contributed by atoms with E-state index in [0.29, 0.717) is 47.2 Å². The molecule has 0 spiro atoms. The van der Waals surface area contributed by atoms with Gasteiger partial charge in [-0.1, -0.05) is 23.5 Å². The van der Waals surface area contributed by atoms with Gasteiger partial charge in [0.15, 0.2) is 5.13 Å². The molecule has 3 aromatic rings. The second-order valence-electron chi connectivity index (χ2n) is 8.26. The van der Waals surface area contributed by atoms with Crippen LogP contribution in [0.3, 0.4) is 0 Å². The van der Waals surface area contributed by atoms with E-state index >= 15 is 0 Å². The van der Waals surface area contributed by atoms with Crippen LogP contribution in [0.2, 0.25) is 0 Å². The van der Waals surface area contributed by atoms with Gasteiger partial charge in [0.2, 0.25) is 5.91 Å². The highest BCUT2D eigenvalue weighted by atomic mass is 32.1. The Morgan fingerprint density at radius 3 is 2.54 bits per heavy atom. The fraction of sp³-hybridized carbons (Fsp3) is 0.360. The van der Waals surface area contributed by atoms with Crippen molar-refractivity contribution in [2.24, 2.45) is 5.92 Å². The van der Waals surface area contributed by atoms with Gasteiger partial charge in [0.1, 0.15) is 17.0 Å². The van der Waals surface area contributed by atoms with Gasteiger partial charge < -0.3 is 14.1 Å². The van der Waals surface area contributed by atoms with Crippen LogP contribution in [-0.2, 0) is 16.1 Å². The van der Waals surface area contributed by atoms with E-state index in [2.05, 4.69) is 4.98 Å². The van der Waals surface area contributed by atoms with Gasteiger partial charge in [0, 0.05) is 19.0 Å². The van der Waals surface area contributed by atoms with Crippen molar-refractivity contribution in [2.75, 3.05) is 24.6 Å². The molecule has 0 radical (unpaired) electrons. The molecule has 1 aromatic carbocycles. The summed E-state index contributed by atoms with van der Waals surface area (Å²) < 4.78 is 23.6. The smallest absolute Gasteiger partial charge is 0.350 e. The Morgan fingerprint density at radius 2 is 1.91 bits per heavy atom. The summed E-state index contributed by atoms with van der Waals surface area (Å²) in [5.74, 6) is -1.43. The lowest BCUT2D eigenvalue weighted by atomic mass is 9.94. The molecule has 8 nitrogen and oxygen atoms in total. The average Bonchev–Trinajstić information content (AvgIpc) is 3.53. The van der Waals surface area contributed by atoms with Crippen molar-refractivity contribution < 1.29 is 27.9 Å². The summed E-state index contributed by atoms with van der Waals surface area (Å²) in [7, 11) is 0. The number of esters is 1. The molecule has 0 unspecified atom stereocenters. The van der Waals surface area contributed by atoms with E-state index in [0.717, 1.165) is 16.9 Å². The summed E-state index contributed by atoms with van der Waals surface area (Å²) >= 11 is 1.10. The largest absolute Gasteiger partial charge is 0.472 e. The Balaban J connectivity index is 1.54. The Labute approximate surface area is 206 Å². The number of amides is 2. The molecule has 4 rings (SSSR count). The number of ether oxygens (including phenoxy) is 1. The summed E-state index contributed by atoms with van der Waals surface area (Å²) in [6.45, 7) is 4.73. The molecule has 2 aromatic heterocycles. The normalized spacial score (nSPS) is 14.1. The Morgan fingerprint density at radius 1 is 1.20 bits per heavy atom. The number of aryl methyl sites for hydroxylation is 1. The molecule has 3 heterocycles. The number of piperidine rings is 1. The van der Waals surface area contributed by atoms with Gasteiger partial charge in [-0.15, -0.1) is 0 Å². The number of carbonyl (C=O) groups excluding carboxylic acids is 3. The monoisotopic (exact) mass is 499 g/mol. The summed E-state index contributed by atoms with van der Waals surface area (Å²) in [5, 5.41) is 0.386. The number of furan rings is 1. The average molecular weight is 500 g/mol. The van der Waals surface area contributed by atoms with Gasteiger partial charge in [-0.25, -0.2) is 14.2 Å². The molecule has 0 N–H and O–H groups in total. The lowest BCUT2D eigenvalue weighted by Gasteiger charge is -2.33. The summed E-state index contributed by atoms with van der Waals surface area (Å²) in [5.41, 5.74) is 1.70. The minimum absolute atomic E-state index is 0.123. The molecular weight excluding hydrogens is 473 g/mol. The summed E-state index contributed by atoms with van der Waals surface area (Å²) in [6, 6.07) is 7.54. The van der Waals surface area contributed by atoms with Gasteiger partial charge in [-0.05, 0) is 50.5 Å². The van der Waals surface area contributed by atoms with E-state index in [-0.39, 0.29) is 36.7 Å². The van der Waals surface area contributed by atoms with Crippen molar-refractivity contribution in [1.29, 1.82) is 0 Å². The standard InChI is InChI=1S/C25H26FN3O5S/c1-3-34-24(32)21-16(2)27-25(35-21)29(14-17-4-6-20(26)7-5-17)23(31)18-8-11-28(12-9-18)22(30)19-10-13-33-15-19/h4-7,10,13,15,18H,3,8-9,11-12,14H2,1-2H3. The molecule has 2 amide bonds. The number of benzene rings is 1. The molecule has 0 bridgehead atoms. The lowest BCUT2D eigenvalue weighted by Crippen LogP contribution is -2.44. The van der Waals surface area contributed by atoms with Crippen molar-refractivity contribution in [3.05, 3.63) is 70.4 Å². The van der Waals surface area contributed by atoms with Gasteiger partial charge in [-0.2, -0.15) is 0 Å².